The third-order valence-corrected chi connectivity index (χ3v) is 6.59. The lowest BCUT2D eigenvalue weighted by molar-refractivity contribution is -0.161. The summed E-state index contributed by atoms with van der Waals surface area (Å²) in [7, 11) is 0. The van der Waals surface area contributed by atoms with Gasteiger partial charge in [0.05, 0.1) is 25.0 Å². The smallest absolute Gasteiger partial charge is 0.310 e. The summed E-state index contributed by atoms with van der Waals surface area (Å²) in [5.74, 6) is -1.00. The van der Waals surface area contributed by atoms with Crippen molar-refractivity contribution in [1.29, 1.82) is 0 Å². The van der Waals surface area contributed by atoms with Gasteiger partial charge in [-0.15, -0.1) is 0 Å². The highest BCUT2D eigenvalue weighted by molar-refractivity contribution is 5.82. The zero-order chi connectivity index (χ0) is 24.2. The van der Waals surface area contributed by atoms with Crippen LogP contribution < -0.4 is 0 Å². The number of carbonyl (C=O) groups excluding carboxylic acids is 2. The van der Waals surface area contributed by atoms with Crippen LogP contribution in [0.25, 0.3) is 0 Å². The van der Waals surface area contributed by atoms with Gasteiger partial charge >= 0.3 is 11.9 Å². The van der Waals surface area contributed by atoms with Crippen LogP contribution in [0, 0.1) is 17.8 Å². The number of hydrogen-bond acceptors (Lipinski definition) is 4. The van der Waals surface area contributed by atoms with Gasteiger partial charge < -0.3 is 9.47 Å². The molecule has 0 aromatic rings. The molecule has 2 unspecified atom stereocenters. The SMILES string of the molecule is CCCCCCCCCCCCCCCCCOC(=O)C1CC=CCC1C(=O)OCC(C)C. The Morgan fingerprint density at radius 3 is 1.48 bits per heavy atom. The maximum atomic E-state index is 12.5. The molecule has 1 aliphatic rings. The van der Waals surface area contributed by atoms with Crippen LogP contribution in [0.3, 0.4) is 0 Å². The molecule has 0 aromatic heterocycles. The third kappa shape index (κ3) is 15.2. The number of carbonyl (C=O) groups is 2. The van der Waals surface area contributed by atoms with E-state index < -0.39 is 11.8 Å². The van der Waals surface area contributed by atoms with E-state index >= 15 is 0 Å². The largest absolute Gasteiger partial charge is 0.465 e. The fourth-order valence-corrected chi connectivity index (χ4v) is 4.44. The van der Waals surface area contributed by atoms with E-state index in [1.807, 2.05) is 26.0 Å². The van der Waals surface area contributed by atoms with E-state index in [1.54, 1.807) is 0 Å². The summed E-state index contributed by atoms with van der Waals surface area (Å²) in [4.78, 5) is 24.9. The topological polar surface area (TPSA) is 52.6 Å². The maximum absolute atomic E-state index is 12.5. The summed E-state index contributed by atoms with van der Waals surface area (Å²) in [5.41, 5.74) is 0. The Kier molecular flexibility index (Phi) is 18.1. The van der Waals surface area contributed by atoms with E-state index in [0.29, 0.717) is 32.0 Å². The van der Waals surface area contributed by atoms with Crippen LogP contribution in [-0.2, 0) is 19.1 Å². The van der Waals surface area contributed by atoms with E-state index in [4.69, 9.17) is 9.47 Å². The molecule has 0 amide bonds. The standard InChI is InChI=1S/C29H52O4/c1-4-5-6-7-8-9-10-11-12-13-14-15-16-17-20-23-32-28(30)26-21-18-19-22-27(26)29(31)33-24-25(2)3/h18-19,25-27H,4-17,20-24H2,1-3H3. The summed E-state index contributed by atoms with van der Waals surface area (Å²) in [5, 5.41) is 0. The van der Waals surface area contributed by atoms with Crippen LogP contribution in [0.2, 0.25) is 0 Å². The molecule has 1 rings (SSSR count). The van der Waals surface area contributed by atoms with Crippen molar-refractivity contribution < 1.29 is 19.1 Å². The van der Waals surface area contributed by atoms with Gasteiger partial charge in [-0.2, -0.15) is 0 Å². The average Bonchev–Trinajstić information content (AvgIpc) is 2.82. The van der Waals surface area contributed by atoms with Gasteiger partial charge in [0.15, 0.2) is 0 Å². The van der Waals surface area contributed by atoms with Crippen LogP contribution in [-0.4, -0.2) is 25.2 Å². The third-order valence-electron chi connectivity index (χ3n) is 6.59. The molecule has 192 valence electrons. The van der Waals surface area contributed by atoms with Gasteiger partial charge in [0.2, 0.25) is 0 Å². The number of ether oxygens (including phenoxy) is 2. The molecule has 0 aliphatic heterocycles. The molecule has 0 aromatic carbocycles. The van der Waals surface area contributed by atoms with E-state index in [-0.39, 0.29) is 11.9 Å². The van der Waals surface area contributed by atoms with Crippen molar-refractivity contribution >= 4 is 11.9 Å². The van der Waals surface area contributed by atoms with Crippen molar-refractivity contribution in [1.82, 2.24) is 0 Å². The number of unbranched alkanes of at least 4 members (excludes halogenated alkanes) is 14. The second-order valence-electron chi connectivity index (χ2n) is 10.3. The van der Waals surface area contributed by atoms with Crippen molar-refractivity contribution in [3.63, 3.8) is 0 Å². The number of rotatable bonds is 20. The van der Waals surface area contributed by atoms with Gasteiger partial charge in [0, 0.05) is 0 Å². The van der Waals surface area contributed by atoms with Gasteiger partial charge in [0.25, 0.3) is 0 Å². The highest BCUT2D eigenvalue weighted by atomic mass is 16.5. The molecule has 4 nitrogen and oxygen atoms in total. The molecule has 33 heavy (non-hydrogen) atoms. The fourth-order valence-electron chi connectivity index (χ4n) is 4.44. The first kappa shape index (κ1) is 29.7. The van der Waals surface area contributed by atoms with Crippen molar-refractivity contribution in [3.05, 3.63) is 12.2 Å². The number of esters is 2. The second-order valence-corrected chi connectivity index (χ2v) is 10.3. The Morgan fingerprint density at radius 2 is 1.06 bits per heavy atom. The zero-order valence-electron chi connectivity index (χ0n) is 22.0. The Morgan fingerprint density at radius 1 is 0.667 bits per heavy atom. The normalized spacial score (nSPS) is 17.9. The molecule has 0 heterocycles. The lowest BCUT2D eigenvalue weighted by Gasteiger charge is -2.25. The summed E-state index contributed by atoms with van der Waals surface area (Å²) in [6, 6.07) is 0. The van der Waals surface area contributed by atoms with Crippen LogP contribution >= 0.6 is 0 Å². The lowest BCUT2D eigenvalue weighted by Crippen LogP contribution is -2.34. The van der Waals surface area contributed by atoms with E-state index in [2.05, 4.69) is 6.92 Å². The summed E-state index contributed by atoms with van der Waals surface area (Å²) >= 11 is 0. The lowest BCUT2D eigenvalue weighted by atomic mass is 9.83. The molecule has 0 radical (unpaired) electrons. The monoisotopic (exact) mass is 464 g/mol. The highest BCUT2D eigenvalue weighted by Gasteiger charge is 2.36. The Hall–Kier alpha value is -1.32. The molecule has 4 heteroatoms. The van der Waals surface area contributed by atoms with E-state index in [1.165, 1.54) is 83.5 Å². The average molecular weight is 465 g/mol. The predicted molar refractivity (Wildman–Crippen MR) is 137 cm³/mol. The molecule has 0 fully saturated rings. The minimum Gasteiger partial charge on any atom is -0.465 e. The quantitative estimate of drug-likeness (QED) is 0.103. The second kappa shape index (κ2) is 20.1. The highest BCUT2D eigenvalue weighted by Crippen LogP contribution is 2.28. The molecule has 0 saturated heterocycles. The van der Waals surface area contributed by atoms with Gasteiger partial charge in [-0.3, -0.25) is 9.59 Å². The van der Waals surface area contributed by atoms with Crippen LogP contribution in [0.1, 0.15) is 130 Å². The molecular formula is C29H52O4. The van der Waals surface area contributed by atoms with E-state index in [9.17, 15) is 9.59 Å². The number of allylic oxidation sites excluding steroid dienone is 2. The maximum Gasteiger partial charge on any atom is 0.310 e. The minimum atomic E-state index is -0.401. The van der Waals surface area contributed by atoms with Gasteiger partial charge in [0.1, 0.15) is 0 Å². The first-order valence-electron chi connectivity index (χ1n) is 14.0. The van der Waals surface area contributed by atoms with Crippen molar-refractivity contribution in [2.75, 3.05) is 13.2 Å². The summed E-state index contributed by atoms with van der Waals surface area (Å²) in [6.07, 6.45) is 24.9. The number of hydrogen-bond donors (Lipinski definition) is 0. The molecule has 0 saturated carbocycles. The Bertz CT molecular complexity index is 526. The zero-order valence-corrected chi connectivity index (χ0v) is 22.0. The van der Waals surface area contributed by atoms with Crippen molar-refractivity contribution in [3.8, 4) is 0 Å². The molecule has 0 spiro atoms. The Balaban J connectivity index is 1.99. The summed E-state index contributed by atoms with van der Waals surface area (Å²) < 4.78 is 10.9. The molecule has 0 N–H and O–H groups in total. The van der Waals surface area contributed by atoms with Gasteiger partial charge in [-0.05, 0) is 25.2 Å². The fraction of sp³-hybridized carbons (Fsp3) is 0.862. The predicted octanol–water partition coefficient (Wildman–Crippen LogP) is 8.18. The molecule has 0 bridgehead atoms. The Labute approximate surface area is 204 Å². The summed E-state index contributed by atoms with van der Waals surface area (Å²) in [6.45, 7) is 7.16. The first-order valence-corrected chi connectivity index (χ1v) is 14.0. The first-order chi connectivity index (χ1) is 16.1. The van der Waals surface area contributed by atoms with Crippen molar-refractivity contribution in [2.45, 2.75) is 130 Å². The van der Waals surface area contributed by atoms with Crippen LogP contribution in [0.15, 0.2) is 12.2 Å². The van der Waals surface area contributed by atoms with Crippen LogP contribution in [0.5, 0.6) is 0 Å². The van der Waals surface area contributed by atoms with Crippen molar-refractivity contribution in [2.24, 2.45) is 17.8 Å². The van der Waals surface area contributed by atoms with E-state index in [0.717, 1.165) is 12.8 Å². The molecule has 2 atom stereocenters. The van der Waals surface area contributed by atoms with Gasteiger partial charge in [-0.1, -0.05) is 123 Å². The molecule has 1 aliphatic carbocycles. The molecular weight excluding hydrogens is 412 g/mol. The van der Waals surface area contributed by atoms with Gasteiger partial charge in [-0.25, -0.2) is 0 Å². The minimum absolute atomic E-state index is 0.240. The van der Waals surface area contributed by atoms with Crippen LogP contribution in [0.4, 0.5) is 0 Å².